The lowest BCUT2D eigenvalue weighted by molar-refractivity contribution is 0.355. The fraction of sp³-hybridized carbons (Fsp3) is 0.278. The third-order valence-electron chi connectivity index (χ3n) is 3.68. The first-order valence-electron chi connectivity index (χ1n) is 7.68. The van der Waals surface area contributed by atoms with E-state index in [-0.39, 0.29) is 42.4 Å². The summed E-state index contributed by atoms with van der Waals surface area (Å²) in [5, 5.41) is 2.94. The van der Waals surface area contributed by atoms with Gasteiger partial charge in [-0.15, -0.1) is 24.0 Å². The van der Waals surface area contributed by atoms with Crippen LogP contribution in [0, 0.1) is 11.6 Å². The molecule has 2 aromatic carbocycles. The van der Waals surface area contributed by atoms with Gasteiger partial charge in [0.25, 0.3) is 0 Å². The summed E-state index contributed by atoms with van der Waals surface area (Å²) in [4.78, 5) is 4.21. The molecule has 0 aliphatic rings. The topological polar surface area (TPSA) is 68.9 Å². The van der Waals surface area contributed by atoms with E-state index in [0.29, 0.717) is 22.7 Å². The van der Waals surface area contributed by atoms with Crippen molar-refractivity contribution in [3.05, 3.63) is 53.6 Å². The molecular weight excluding hydrogens is 455 g/mol. The predicted octanol–water partition coefficient (Wildman–Crippen LogP) is 4.13. The molecule has 0 aromatic heterocycles. The van der Waals surface area contributed by atoms with E-state index in [2.05, 4.69) is 10.3 Å². The second-order valence-corrected chi connectivity index (χ2v) is 5.49. The van der Waals surface area contributed by atoms with E-state index in [4.69, 9.17) is 15.2 Å². The molecule has 0 radical (unpaired) electrons. The number of aliphatic imine (C=N–C) groups is 1. The fourth-order valence-corrected chi connectivity index (χ4v) is 2.34. The van der Waals surface area contributed by atoms with Crippen LogP contribution in [-0.2, 0) is 0 Å². The van der Waals surface area contributed by atoms with Crippen LogP contribution in [0.15, 0.2) is 41.4 Å². The molecule has 5 nitrogen and oxygen atoms in total. The van der Waals surface area contributed by atoms with Crippen molar-refractivity contribution >= 4 is 35.6 Å². The smallest absolute Gasteiger partial charge is 0.193 e. The molecule has 26 heavy (non-hydrogen) atoms. The first-order valence-corrected chi connectivity index (χ1v) is 7.68. The Morgan fingerprint density at radius 3 is 2.42 bits per heavy atom. The van der Waals surface area contributed by atoms with Crippen molar-refractivity contribution in [1.29, 1.82) is 0 Å². The Morgan fingerprint density at radius 1 is 1.12 bits per heavy atom. The number of ether oxygens (including phenoxy) is 2. The maximum atomic E-state index is 13.8. The first-order chi connectivity index (χ1) is 11.9. The van der Waals surface area contributed by atoms with Gasteiger partial charge < -0.3 is 20.5 Å². The quantitative estimate of drug-likeness (QED) is 0.373. The van der Waals surface area contributed by atoms with E-state index in [1.807, 2.05) is 0 Å². The minimum absolute atomic E-state index is 0. The lowest BCUT2D eigenvalue weighted by Gasteiger charge is -2.13. The number of hydrogen-bond donors (Lipinski definition) is 2. The molecule has 0 saturated carbocycles. The molecule has 0 fully saturated rings. The Bertz CT molecular complexity index is 772. The van der Waals surface area contributed by atoms with Crippen molar-refractivity contribution in [2.24, 2.45) is 10.7 Å². The largest absolute Gasteiger partial charge is 0.493 e. The molecule has 0 amide bonds. The Labute approximate surface area is 168 Å². The summed E-state index contributed by atoms with van der Waals surface area (Å²) >= 11 is 0. The average Bonchev–Trinajstić information content (AvgIpc) is 2.59. The van der Waals surface area contributed by atoms with Gasteiger partial charge in [0.1, 0.15) is 11.6 Å². The van der Waals surface area contributed by atoms with Crippen molar-refractivity contribution in [3.63, 3.8) is 0 Å². The number of nitrogens with one attached hydrogen (secondary N) is 1. The zero-order chi connectivity index (χ0) is 18.4. The van der Waals surface area contributed by atoms with Gasteiger partial charge in [-0.3, -0.25) is 4.99 Å². The highest BCUT2D eigenvalue weighted by atomic mass is 127. The molecule has 0 aliphatic heterocycles. The van der Waals surface area contributed by atoms with Crippen LogP contribution in [0.2, 0.25) is 0 Å². The molecule has 0 heterocycles. The predicted molar refractivity (Wildman–Crippen MR) is 110 cm³/mol. The van der Waals surface area contributed by atoms with E-state index in [1.54, 1.807) is 32.2 Å². The Balaban J connectivity index is 0.00000338. The Morgan fingerprint density at radius 2 is 1.81 bits per heavy atom. The van der Waals surface area contributed by atoms with Crippen LogP contribution >= 0.6 is 24.0 Å². The third kappa shape index (κ3) is 5.72. The standard InChI is InChI=1S/C18H21F2N3O2.HI/c1-11(14-6-4-12(19)8-15(14)20)10-22-18(21)23-13-5-7-16(24-2)17(9-13)25-3;/h4-9,11H,10H2,1-3H3,(H3,21,22,23);1H. The molecule has 2 rings (SSSR count). The SMILES string of the molecule is COc1ccc(NC(N)=NCC(C)c2ccc(F)cc2F)cc1OC.I. The molecular formula is C18H22F2IN3O2. The van der Waals surface area contributed by atoms with Crippen LogP contribution in [0.25, 0.3) is 0 Å². The van der Waals surface area contributed by atoms with Crippen LogP contribution in [0.3, 0.4) is 0 Å². The van der Waals surface area contributed by atoms with Gasteiger partial charge >= 0.3 is 0 Å². The van der Waals surface area contributed by atoms with Gasteiger partial charge in [-0.05, 0) is 23.8 Å². The monoisotopic (exact) mass is 477 g/mol. The summed E-state index contributed by atoms with van der Waals surface area (Å²) in [6, 6.07) is 8.75. The minimum Gasteiger partial charge on any atom is -0.493 e. The van der Waals surface area contributed by atoms with E-state index in [9.17, 15) is 8.78 Å². The lowest BCUT2D eigenvalue weighted by atomic mass is 10.0. The van der Waals surface area contributed by atoms with Gasteiger partial charge in [-0.25, -0.2) is 8.78 Å². The van der Waals surface area contributed by atoms with E-state index >= 15 is 0 Å². The molecule has 0 spiro atoms. The van der Waals surface area contributed by atoms with E-state index < -0.39 is 11.6 Å². The molecule has 0 bridgehead atoms. The van der Waals surface area contributed by atoms with Gasteiger partial charge in [0, 0.05) is 30.3 Å². The van der Waals surface area contributed by atoms with E-state index in [0.717, 1.165) is 6.07 Å². The van der Waals surface area contributed by atoms with Crippen molar-refractivity contribution in [2.75, 3.05) is 26.1 Å². The zero-order valence-corrected chi connectivity index (χ0v) is 17.1. The number of methoxy groups -OCH3 is 2. The maximum Gasteiger partial charge on any atom is 0.193 e. The van der Waals surface area contributed by atoms with Gasteiger partial charge in [-0.2, -0.15) is 0 Å². The number of benzene rings is 2. The third-order valence-corrected chi connectivity index (χ3v) is 3.68. The Hall–Kier alpha value is -2.10. The Kier molecular flexibility index (Phi) is 8.56. The number of nitrogens with two attached hydrogens (primary N) is 1. The fourth-order valence-electron chi connectivity index (χ4n) is 2.34. The minimum atomic E-state index is -0.605. The van der Waals surface area contributed by atoms with Gasteiger partial charge in [0.2, 0.25) is 0 Å². The summed E-state index contributed by atoms with van der Waals surface area (Å²) in [6.45, 7) is 2.05. The lowest BCUT2D eigenvalue weighted by Crippen LogP contribution is -2.23. The van der Waals surface area contributed by atoms with Gasteiger partial charge in [-0.1, -0.05) is 13.0 Å². The summed E-state index contributed by atoms with van der Waals surface area (Å²) in [6.07, 6.45) is 0. The maximum absolute atomic E-state index is 13.8. The molecule has 0 saturated heterocycles. The molecule has 1 atom stereocenters. The van der Waals surface area contributed by atoms with Crippen LogP contribution in [-0.4, -0.2) is 26.7 Å². The zero-order valence-electron chi connectivity index (χ0n) is 14.8. The van der Waals surface area contributed by atoms with Gasteiger partial charge in [0.05, 0.1) is 14.2 Å². The summed E-state index contributed by atoms with van der Waals surface area (Å²) < 4.78 is 37.1. The molecule has 8 heteroatoms. The average molecular weight is 477 g/mol. The highest BCUT2D eigenvalue weighted by Crippen LogP contribution is 2.29. The molecule has 1 unspecified atom stereocenters. The normalized spacial score (nSPS) is 12.1. The van der Waals surface area contributed by atoms with Crippen LogP contribution in [0.1, 0.15) is 18.4 Å². The summed E-state index contributed by atoms with van der Waals surface area (Å²) in [5.74, 6) is -0.0975. The second kappa shape index (κ2) is 10.1. The first kappa shape index (κ1) is 21.9. The summed E-state index contributed by atoms with van der Waals surface area (Å²) in [7, 11) is 3.09. The molecule has 0 aliphatic carbocycles. The number of rotatable bonds is 6. The van der Waals surface area contributed by atoms with Crippen molar-refractivity contribution in [1.82, 2.24) is 0 Å². The molecule has 142 valence electrons. The van der Waals surface area contributed by atoms with Crippen LogP contribution in [0.4, 0.5) is 14.5 Å². The highest BCUT2D eigenvalue weighted by molar-refractivity contribution is 14.0. The van der Waals surface area contributed by atoms with Crippen LogP contribution in [0.5, 0.6) is 11.5 Å². The number of halogens is 3. The number of hydrogen-bond acceptors (Lipinski definition) is 3. The van der Waals surface area contributed by atoms with Crippen molar-refractivity contribution < 1.29 is 18.3 Å². The molecule has 2 aromatic rings. The number of nitrogens with zero attached hydrogens (tertiary/aromatic N) is 1. The van der Waals surface area contributed by atoms with Gasteiger partial charge in [0.15, 0.2) is 17.5 Å². The van der Waals surface area contributed by atoms with E-state index in [1.165, 1.54) is 19.2 Å². The molecule has 3 N–H and O–H groups in total. The number of anilines is 1. The highest BCUT2D eigenvalue weighted by Gasteiger charge is 2.12. The van der Waals surface area contributed by atoms with Crippen LogP contribution < -0.4 is 20.5 Å². The number of guanidine groups is 1. The summed E-state index contributed by atoms with van der Waals surface area (Å²) in [5.41, 5.74) is 6.94. The van der Waals surface area contributed by atoms with Crippen molar-refractivity contribution in [2.45, 2.75) is 12.8 Å². The second-order valence-electron chi connectivity index (χ2n) is 5.49. The van der Waals surface area contributed by atoms with Crippen molar-refractivity contribution in [3.8, 4) is 11.5 Å².